The molecule has 0 bridgehead atoms. The van der Waals surface area contributed by atoms with Crippen LogP contribution in [0.25, 0.3) is 0 Å². The minimum atomic E-state index is 0.0942. The first-order chi connectivity index (χ1) is 7.90. The Morgan fingerprint density at radius 3 is 2.24 bits per heavy atom. The SMILES string of the molecule is COc1ccc(CCC(=O)CC(C)(C)C)cc1. The zero-order valence-corrected chi connectivity index (χ0v) is 11.2. The summed E-state index contributed by atoms with van der Waals surface area (Å²) in [6, 6.07) is 7.90. The van der Waals surface area contributed by atoms with E-state index in [9.17, 15) is 4.79 Å². The monoisotopic (exact) mass is 234 g/mol. The number of aryl methyl sites for hydroxylation is 1. The highest BCUT2D eigenvalue weighted by molar-refractivity contribution is 5.79. The minimum Gasteiger partial charge on any atom is -0.497 e. The first-order valence-electron chi connectivity index (χ1n) is 6.05. The van der Waals surface area contributed by atoms with E-state index in [0.29, 0.717) is 18.6 Å². The fourth-order valence-corrected chi connectivity index (χ4v) is 1.76. The van der Waals surface area contributed by atoms with Crippen LogP contribution in [0.4, 0.5) is 0 Å². The number of ether oxygens (including phenoxy) is 1. The molecule has 2 heteroatoms. The van der Waals surface area contributed by atoms with E-state index in [1.165, 1.54) is 5.56 Å². The molecule has 0 aliphatic heterocycles. The lowest BCUT2D eigenvalue weighted by Gasteiger charge is -2.16. The predicted molar refractivity (Wildman–Crippen MR) is 70.4 cm³/mol. The third kappa shape index (κ3) is 5.53. The maximum atomic E-state index is 11.7. The molecule has 0 atom stereocenters. The number of Topliss-reactive ketones (excluding diaryl/α,β-unsaturated/α-hetero) is 1. The summed E-state index contributed by atoms with van der Waals surface area (Å²) in [7, 11) is 1.65. The molecule has 2 nitrogen and oxygen atoms in total. The van der Waals surface area contributed by atoms with Crippen molar-refractivity contribution in [3.8, 4) is 5.75 Å². The fourth-order valence-electron chi connectivity index (χ4n) is 1.76. The second kappa shape index (κ2) is 5.85. The fraction of sp³-hybridized carbons (Fsp3) is 0.533. The zero-order chi connectivity index (χ0) is 12.9. The number of carbonyl (C=O) groups excluding carboxylic acids is 1. The number of ketones is 1. The smallest absolute Gasteiger partial charge is 0.133 e. The molecule has 0 N–H and O–H groups in total. The van der Waals surface area contributed by atoms with Crippen molar-refractivity contribution in [3.05, 3.63) is 29.8 Å². The summed E-state index contributed by atoms with van der Waals surface area (Å²) >= 11 is 0. The van der Waals surface area contributed by atoms with Gasteiger partial charge in [0, 0.05) is 12.8 Å². The molecule has 0 aliphatic carbocycles. The molecule has 17 heavy (non-hydrogen) atoms. The van der Waals surface area contributed by atoms with Crippen molar-refractivity contribution in [2.24, 2.45) is 5.41 Å². The Balaban J connectivity index is 2.42. The molecule has 1 rings (SSSR count). The predicted octanol–water partition coefficient (Wildman–Crippen LogP) is 3.63. The first-order valence-corrected chi connectivity index (χ1v) is 6.05. The van der Waals surface area contributed by atoms with Crippen LogP contribution in [-0.4, -0.2) is 12.9 Å². The Labute approximate surface area is 104 Å². The standard InChI is InChI=1S/C15H22O2/c1-15(2,3)11-13(16)8-5-12-6-9-14(17-4)10-7-12/h6-7,9-10H,5,8,11H2,1-4H3. The average molecular weight is 234 g/mol. The van der Waals surface area contributed by atoms with Gasteiger partial charge in [-0.1, -0.05) is 32.9 Å². The van der Waals surface area contributed by atoms with Gasteiger partial charge in [-0.05, 0) is 29.5 Å². The van der Waals surface area contributed by atoms with E-state index in [1.807, 2.05) is 24.3 Å². The van der Waals surface area contributed by atoms with Gasteiger partial charge in [0.25, 0.3) is 0 Å². The number of rotatable bonds is 5. The highest BCUT2D eigenvalue weighted by Gasteiger charge is 2.15. The molecule has 1 aromatic carbocycles. The van der Waals surface area contributed by atoms with E-state index in [4.69, 9.17) is 4.74 Å². The van der Waals surface area contributed by atoms with Crippen LogP contribution in [0.3, 0.4) is 0 Å². The van der Waals surface area contributed by atoms with Crippen molar-refractivity contribution in [2.45, 2.75) is 40.0 Å². The lowest BCUT2D eigenvalue weighted by atomic mass is 9.88. The molecule has 0 saturated heterocycles. The first kappa shape index (κ1) is 13.8. The third-order valence-electron chi connectivity index (χ3n) is 2.58. The molecule has 0 fully saturated rings. The molecule has 94 valence electrons. The van der Waals surface area contributed by atoms with Crippen molar-refractivity contribution in [3.63, 3.8) is 0 Å². The molecule has 0 heterocycles. The molecular formula is C15H22O2. The second-order valence-electron chi connectivity index (χ2n) is 5.62. The number of hydrogen-bond donors (Lipinski definition) is 0. The highest BCUT2D eigenvalue weighted by atomic mass is 16.5. The van der Waals surface area contributed by atoms with E-state index in [2.05, 4.69) is 20.8 Å². The molecule has 0 saturated carbocycles. The third-order valence-corrected chi connectivity index (χ3v) is 2.58. The molecule has 0 aliphatic rings. The maximum Gasteiger partial charge on any atom is 0.133 e. The van der Waals surface area contributed by atoms with E-state index < -0.39 is 0 Å². The van der Waals surface area contributed by atoms with Gasteiger partial charge in [-0.2, -0.15) is 0 Å². The summed E-state index contributed by atoms with van der Waals surface area (Å²) in [4.78, 5) is 11.7. The van der Waals surface area contributed by atoms with Gasteiger partial charge in [0.2, 0.25) is 0 Å². The van der Waals surface area contributed by atoms with Gasteiger partial charge in [-0.15, -0.1) is 0 Å². The van der Waals surface area contributed by atoms with Crippen LogP contribution in [0, 0.1) is 5.41 Å². The van der Waals surface area contributed by atoms with E-state index in [0.717, 1.165) is 12.2 Å². The molecule has 0 spiro atoms. The van der Waals surface area contributed by atoms with Gasteiger partial charge < -0.3 is 4.74 Å². The lowest BCUT2D eigenvalue weighted by Crippen LogP contribution is -2.13. The van der Waals surface area contributed by atoms with E-state index in [1.54, 1.807) is 7.11 Å². The van der Waals surface area contributed by atoms with Crippen molar-refractivity contribution in [1.29, 1.82) is 0 Å². The number of hydrogen-bond acceptors (Lipinski definition) is 2. The van der Waals surface area contributed by atoms with Crippen LogP contribution in [0.15, 0.2) is 24.3 Å². The average Bonchev–Trinajstić information content (AvgIpc) is 2.25. The Morgan fingerprint density at radius 1 is 1.18 bits per heavy atom. The molecule has 0 aromatic heterocycles. The van der Waals surface area contributed by atoms with Crippen LogP contribution in [0.5, 0.6) is 5.75 Å². The summed E-state index contributed by atoms with van der Waals surface area (Å²) < 4.78 is 5.09. The maximum absolute atomic E-state index is 11.7. The van der Waals surface area contributed by atoms with Crippen LogP contribution in [-0.2, 0) is 11.2 Å². The summed E-state index contributed by atoms with van der Waals surface area (Å²) in [5, 5.41) is 0. The quantitative estimate of drug-likeness (QED) is 0.777. The minimum absolute atomic E-state index is 0.0942. The van der Waals surface area contributed by atoms with Gasteiger partial charge in [0.1, 0.15) is 11.5 Å². The highest BCUT2D eigenvalue weighted by Crippen LogP contribution is 2.20. The van der Waals surface area contributed by atoms with Gasteiger partial charge in [0.05, 0.1) is 7.11 Å². The van der Waals surface area contributed by atoms with E-state index >= 15 is 0 Å². The van der Waals surface area contributed by atoms with Crippen LogP contribution < -0.4 is 4.74 Å². The Hall–Kier alpha value is -1.31. The molecule has 0 unspecified atom stereocenters. The summed E-state index contributed by atoms with van der Waals surface area (Å²) in [5.74, 6) is 1.20. The van der Waals surface area contributed by atoms with Gasteiger partial charge in [-0.3, -0.25) is 4.79 Å². The van der Waals surface area contributed by atoms with Gasteiger partial charge in [0.15, 0.2) is 0 Å². The van der Waals surface area contributed by atoms with Crippen molar-refractivity contribution in [2.75, 3.05) is 7.11 Å². The summed E-state index contributed by atoms with van der Waals surface area (Å²) in [6.45, 7) is 6.29. The Kier molecular flexibility index (Phi) is 4.73. The van der Waals surface area contributed by atoms with Crippen molar-refractivity contribution >= 4 is 5.78 Å². The Bertz CT molecular complexity index is 358. The topological polar surface area (TPSA) is 26.3 Å². The number of methoxy groups -OCH3 is 1. The van der Waals surface area contributed by atoms with Gasteiger partial charge in [-0.25, -0.2) is 0 Å². The summed E-state index contributed by atoms with van der Waals surface area (Å²) in [5.41, 5.74) is 1.28. The van der Waals surface area contributed by atoms with E-state index in [-0.39, 0.29) is 5.41 Å². The molecular weight excluding hydrogens is 212 g/mol. The van der Waals surface area contributed by atoms with Crippen molar-refractivity contribution < 1.29 is 9.53 Å². The van der Waals surface area contributed by atoms with Crippen molar-refractivity contribution in [1.82, 2.24) is 0 Å². The zero-order valence-electron chi connectivity index (χ0n) is 11.2. The van der Waals surface area contributed by atoms with Crippen LogP contribution >= 0.6 is 0 Å². The summed E-state index contributed by atoms with van der Waals surface area (Å²) in [6.07, 6.45) is 2.10. The number of benzene rings is 1. The number of carbonyl (C=O) groups is 1. The molecule has 0 amide bonds. The van der Waals surface area contributed by atoms with Crippen LogP contribution in [0.1, 0.15) is 39.2 Å². The Morgan fingerprint density at radius 2 is 1.76 bits per heavy atom. The van der Waals surface area contributed by atoms with Crippen LogP contribution in [0.2, 0.25) is 0 Å². The molecule has 1 aromatic rings. The largest absolute Gasteiger partial charge is 0.497 e. The second-order valence-corrected chi connectivity index (χ2v) is 5.62. The van der Waals surface area contributed by atoms with Gasteiger partial charge >= 0.3 is 0 Å². The molecule has 0 radical (unpaired) electrons. The lowest BCUT2D eigenvalue weighted by molar-refractivity contribution is -0.120. The normalized spacial score (nSPS) is 11.3.